The number of carbonyl (C=O) groups is 1. The number of hydrogen-bond acceptors (Lipinski definition) is 3. The zero-order chi connectivity index (χ0) is 11.8. The summed E-state index contributed by atoms with van der Waals surface area (Å²) in [5.41, 5.74) is 5.55. The number of carbonyl (C=O) groups excluding carboxylic acids is 1. The van der Waals surface area contributed by atoms with E-state index < -0.39 is 0 Å². The number of nitrogens with two attached hydrogens (primary N) is 1. The van der Waals surface area contributed by atoms with Gasteiger partial charge in [-0.2, -0.15) is 0 Å². The minimum Gasteiger partial charge on any atom is -0.381 e. The lowest BCUT2D eigenvalue weighted by atomic mass is 9.88. The molecule has 0 saturated carbocycles. The van der Waals surface area contributed by atoms with Crippen LogP contribution in [-0.4, -0.2) is 25.5 Å². The molecule has 0 spiro atoms. The molecule has 16 heavy (non-hydrogen) atoms. The molecule has 2 N–H and O–H groups in total. The van der Waals surface area contributed by atoms with Crippen LogP contribution in [0.4, 0.5) is 0 Å². The van der Waals surface area contributed by atoms with Gasteiger partial charge >= 0.3 is 0 Å². The van der Waals surface area contributed by atoms with Crippen LogP contribution >= 0.6 is 0 Å². The second kappa shape index (κ2) is 7.80. The van der Waals surface area contributed by atoms with Crippen LogP contribution in [0.5, 0.6) is 0 Å². The topological polar surface area (TPSA) is 52.3 Å². The summed E-state index contributed by atoms with van der Waals surface area (Å²) in [7, 11) is 0. The Morgan fingerprint density at radius 3 is 2.62 bits per heavy atom. The molecule has 0 aromatic heterocycles. The van der Waals surface area contributed by atoms with Crippen molar-refractivity contribution in [2.75, 3.05) is 19.8 Å². The highest BCUT2D eigenvalue weighted by Crippen LogP contribution is 2.21. The van der Waals surface area contributed by atoms with Gasteiger partial charge in [-0.3, -0.25) is 4.79 Å². The molecule has 1 heterocycles. The van der Waals surface area contributed by atoms with Crippen molar-refractivity contribution in [2.24, 2.45) is 17.6 Å². The van der Waals surface area contributed by atoms with Gasteiger partial charge in [0.2, 0.25) is 0 Å². The van der Waals surface area contributed by atoms with E-state index in [0.29, 0.717) is 11.7 Å². The standard InChI is InChI=1S/C13H25NO2/c1-2-11(5-8-14)3-4-13(15)12-6-9-16-10-7-12/h11-12H,2-10,14H2,1H3. The fourth-order valence-electron chi connectivity index (χ4n) is 2.36. The van der Waals surface area contributed by atoms with Crippen LogP contribution in [-0.2, 0) is 9.53 Å². The SMILES string of the molecule is CCC(CCN)CCC(=O)C1CCOCC1. The summed E-state index contributed by atoms with van der Waals surface area (Å²) in [6, 6.07) is 0. The second-order valence-corrected chi connectivity index (χ2v) is 4.74. The lowest BCUT2D eigenvalue weighted by Gasteiger charge is -2.21. The zero-order valence-electron chi connectivity index (χ0n) is 10.4. The highest BCUT2D eigenvalue weighted by atomic mass is 16.5. The summed E-state index contributed by atoms with van der Waals surface area (Å²) in [5.74, 6) is 1.34. The van der Waals surface area contributed by atoms with Crippen molar-refractivity contribution >= 4 is 5.78 Å². The molecule has 1 saturated heterocycles. The average Bonchev–Trinajstić information content (AvgIpc) is 2.35. The quantitative estimate of drug-likeness (QED) is 0.725. The molecule has 0 aromatic rings. The van der Waals surface area contributed by atoms with Crippen LogP contribution in [0.1, 0.15) is 45.4 Å². The summed E-state index contributed by atoms with van der Waals surface area (Å²) < 4.78 is 5.27. The third kappa shape index (κ3) is 4.62. The predicted octanol–water partition coefficient (Wildman–Crippen LogP) is 2.14. The molecular formula is C13H25NO2. The first-order valence-corrected chi connectivity index (χ1v) is 6.58. The number of ketones is 1. The van der Waals surface area contributed by atoms with Gasteiger partial charge in [-0.25, -0.2) is 0 Å². The lowest BCUT2D eigenvalue weighted by Crippen LogP contribution is -2.24. The number of hydrogen-bond donors (Lipinski definition) is 1. The van der Waals surface area contributed by atoms with Crippen molar-refractivity contribution in [3.63, 3.8) is 0 Å². The van der Waals surface area contributed by atoms with Gasteiger partial charge in [-0.1, -0.05) is 13.3 Å². The van der Waals surface area contributed by atoms with Crippen molar-refractivity contribution in [1.29, 1.82) is 0 Å². The third-order valence-electron chi connectivity index (χ3n) is 3.63. The second-order valence-electron chi connectivity index (χ2n) is 4.74. The first-order valence-electron chi connectivity index (χ1n) is 6.58. The molecule has 3 heteroatoms. The van der Waals surface area contributed by atoms with Crippen LogP contribution in [0.15, 0.2) is 0 Å². The Labute approximate surface area is 98.7 Å². The van der Waals surface area contributed by atoms with E-state index in [0.717, 1.165) is 58.3 Å². The molecule has 1 rings (SSSR count). The highest BCUT2D eigenvalue weighted by molar-refractivity contribution is 5.81. The lowest BCUT2D eigenvalue weighted by molar-refractivity contribution is -0.126. The normalized spacial score (nSPS) is 19.6. The number of rotatable bonds is 7. The number of ether oxygens (including phenoxy) is 1. The van der Waals surface area contributed by atoms with Crippen LogP contribution in [0.3, 0.4) is 0 Å². The summed E-state index contributed by atoms with van der Waals surface area (Å²) in [5, 5.41) is 0. The largest absolute Gasteiger partial charge is 0.381 e. The van der Waals surface area contributed by atoms with E-state index in [2.05, 4.69) is 6.92 Å². The summed E-state index contributed by atoms with van der Waals surface area (Å²) >= 11 is 0. The average molecular weight is 227 g/mol. The van der Waals surface area contributed by atoms with Gasteiger partial charge < -0.3 is 10.5 Å². The van der Waals surface area contributed by atoms with Gasteiger partial charge in [-0.05, 0) is 38.1 Å². The molecule has 1 aliphatic heterocycles. The fourth-order valence-corrected chi connectivity index (χ4v) is 2.36. The van der Waals surface area contributed by atoms with Gasteiger partial charge in [0.05, 0.1) is 0 Å². The fraction of sp³-hybridized carbons (Fsp3) is 0.923. The van der Waals surface area contributed by atoms with Gasteiger partial charge in [0.25, 0.3) is 0 Å². The molecule has 1 aliphatic rings. The summed E-state index contributed by atoms with van der Waals surface area (Å²) in [6.45, 7) is 4.44. The van der Waals surface area contributed by atoms with E-state index in [-0.39, 0.29) is 5.92 Å². The Kier molecular flexibility index (Phi) is 6.65. The van der Waals surface area contributed by atoms with Crippen molar-refractivity contribution in [3.8, 4) is 0 Å². The molecule has 0 aromatic carbocycles. The molecule has 0 aliphatic carbocycles. The maximum absolute atomic E-state index is 11.9. The Balaban J connectivity index is 2.22. The van der Waals surface area contributed by atoms with Crippen molar-refractivity contribution in [1.82, 2.24) is 0 Å². The zero-order valence-corrected chi connectivity index (χ0v) is 10.4. The van der Waals surface area contributed by atoms with E-state index in [4.69, 9.17) is 10.5 Å². The van der Waals surface area contributed by atoms with Crippen LogP contribution < -0.4 is 5.73 Å². The van der Waals surface area contributed by atoms with Gasteiger partial charge in [-0.15, -0.1) is 0 Å². The van der Waals surface area contributed by atoms with Crippen LogP contribution in [0.25, 0.3) is 0 Å². The molecule has 3 nitrogen and oxygen atoms in total. The summed E-state index contributed by atoms with van der Waals surface area (Å²) in [6.07, 6.45) is 5.79. The van der Waals surface area contributed by atoms with Gasteiger partial charge in [0, 0.05) is 25.6 Å². The smallest absolute Gasteiger partial charge is 0.136 e. The van der Waals surface area contributed by atoms with Gasteiger partial charge in [0.1, 0.15) is 5.78 Å². The highest BCUT2D eigenvalue weighted by Gasteiger charge is 2.21. The maximum Gasteiger partial charge on any atom is 0.136 e. The Bertz CT molecular complexity index is 200. The molecule has 1 unspecified atom stereocenters. The van der Waals surface area contributed by atoms with E-state index in [1.807, 2.05) is 0 Å². The van der Waals surface area contributed by atoms with E-state index in [9.17, 15) is 4.79 Å². The minimum atomic E-state index is 0.268. The molecule has 0 bridgehead atoms. The Hall–Kier alpha value is -0.410. The number of Topliss-reactive ketones (excluding diaryl/α,β-unsaturated/α-hetero) is 1. The third-order valence-corrected chi connectivity index (χ3v) is 3.63. The monoisotopic (exact) mass is 227 g/mol. The van der Waals surface area contributed by atoms with E-state index >= 15 is 0 Å². The Morgan fingerprint density at radius 2 is 2.06 bits per heavy atom. The molecule has 1 atom stereocenters. The predicted molar refractivity (Wildman–Crippen MR) is 65.2 cm³/mol. The van der Waals surface area contributed by atoms with Crippen LogP contribution in [0, 0.1) is 11.8 Å². The van der Waals surface area contributed by atoms with Gasteiger partial charge in [0.15, 0.2) is 0 Å². The van der Waals surface area contributed by atoms with Crippen molar-refractivity contribution < 1.29 is 9.53 Å². The van der Waals surface area contributed by atoms with Crippen molar-refractivity contribution in [3.05, 3.63) is 0 Å². The first kappa shape index (κ1) is 13.7. The minimum absolute atomic E-state index is 0.268. The molecule has 0 amide bonds. The molecule has 1 fully saturated rings. The van der Waals surface area contributed by atoms with E-state index in [1.54, 1.807) is 0 Å². The maximum atomic E-state index is 11.9. The first-order chi connectivity index (χ1) is 7.77. The molecular weight excluding hydrogens is 202 g/mol. The van der Waals surface area contributed by atoms with Crippen molar-refractivity contribution in [2.45, 2.75) is 45.4 Å². The van der Waals surface area contributed by atoms with E-state index in [1.165, 1.54) is 0 Å². The van der Waals surface area contributed by atoms with Crippen LogP contribution in [0.2, 0.25) is 0 Å². The summed E-state index contributed by atoms with van der Waals surface area (Å²) in [4.78, 5) is 11.9. The molecule has 94 valence electrons. The Morgan fingerprint density at radius 1 is 1.38 bits per heavy atom. The molecule has 0 radical (unpaired) electrons.